The first kappa shape index (κ1) is 33.3. The van der Waals surface area contributed by atoms with E-state index in [1.807, 2.05) is 38.1 Å². The molecule has 1 aliphatic heterocycles. The minimum atomic E-state index is -4.94. The average Bonchev–Trinajstić information content (AvgIpc) is 3.45. The van der Waals surface area contributed by atoms with Crippen molar-refractivity contribution in [3.05, 3.63) is 76.2 Å². The third-order valence-corrected chi connectivity index (χ3v) is 10.5. The van der Waals surface area contributed by atoms with Gasteiger partial charge in [-0.3, -0.25) is 9.59 Å². The van der Waals surface area contributed by atoms with E-state index in [9.17, 15) is 31.2 Å². The van der Waals surface area contributed by atoms with Crippen LogP contribution in [0.4, 0.5) is 18.3 Å². The Morgan fingerprint density at radius 1 is 1.11 bits per heavy atom. The van der Waals surface area contributed by atoms with Crippen molar-refractivity contribution in [1.82, 2.24) is 24.8 Å². The van der Waals surface area contributed by atoms with Gasteiger partial charge in [0.05, 0.1) is 17.7 Å². The van der Waals surface area contributed by atoms with Crippen molar-refractivity contribution < 1.29 is 35.9 Å². The maximum atomic E-state index is 13.8. The van der Waals surface area contributed by atoms with Gasteiger partial charge in [0, 0.05) is 38.7 Å². The number of thiazole rings is 1. The van der Waals surface area contributed by atoms with Gasteiger partial charge in [0.2, 0.25) is 15.9 Å². The highest BCUT2D eigenvalue weighted by Crippen LogP contribution is 2.31. The zero-order valence-electron chi connectivity index (χ0n) is 25.0. The Morgan fingerprint density at radius 2 is 1.80 bits per heavy atom. The maximum Gasteiger partial charge on any atom is 0.573 e. The second-order valence-electron chi connectivity index (χ2n) is 11.2. The molecule has 1 aliphatic rings. The topological polar surface area (TPSA) is 147 Å². The summed E-state index contributed by atoms with van der Waals surface area (Å²) in [6.07, 6.45) is -3.54. The third-order valence-electron chi connectivity index (χ3n) is 7.48. The second-order valence-corrected chi connectivity index (χ2v) is 14.1. The van der Waals surface area contributed by atoms with Gasteiger partial charge in [-0.1, -0.05) is 49.4 Å². The van der Waals surface area contributed by atoms with E-state index in [0.717, 1.165) is 51.0 Å². The number of nitrogens with one attached hydrogen (secondary N) is 2. The number of nitrogens with zero attached hydrogens (tertiary/aromatic N) is 4. The molecule has 5 rings (SSSR count). The summed E-state index contributed by atoms with van der Waals surface area (Å²) in [7, 11) is -2.72. The number of rotatable bonds is 10. The lowest BCUT2D eigenvalue weighted by Gasteiger charge is -2.39. The van der Waals surface area contributed by atoms with E-state index in [2.05, 4.69) is 25.2 Å². The molecule has 12 nitrogen and oxygen atoms in total. The van der Waals surface area contributed by atoms with Crippen molar-refractivity contribution in [2.45, 2.75) is 43.1 Å². The Labute approximate surface area is 266 Å². The first-order valence-electron chi connectivity index (χ1n) is 14.0. The molecule has 3 heterocycles. The smallest absolute Gasteiger partial charge is 0.406 e. The standard InChI is InChI=1S/C29H31F3N6O6S2/c1-28(2,17-43-3)19-6-4-18(5-7-19)14-33-25(39)23-16-37(27-35-22-15-34-36-26(40)24(22)45-27)12-13-38(23)46(41,42)21-10-8-20(9-11-21)44-29(30,31)32/h4-11,15,23H,12-14,16-17H2,1-3H3,(H,33,39)(H,36,40)/t23-/m1/s1. The minimum absolute atomic E-state index is 0.102. The van der Waals surface area contributed by atoms with Gasteiger partial charge < -0.3 is 19.7 Å². The number of sulfonamides is 1. The van der Waals surface area contributed by atoms with Crippen LogP contribution >= 0.6 is 11.3 Å². The Hall–Kier alpha value is -4.06. The number of hydrogen-bond acceptors (Lipinski definition) is 10. The number of benzene rings is 2. The lowest BCUT2D eigenvalue weighted by Crippen LogP contribution is -2.60. The maximum absolute atomic E-state index is 13.8. The second kappa shape index (κ2) is 13.0. The number of carbonyl (C=O) groups excluding carboxylic acids is 1. The summed E-state index contributed by atoms with van der Waals surface area (Å²) in [5, 5.41) is 9.34. The van der Waals surface area contributed by atoms with Crippen LogP contribution in [0.25, 0.3) is 10.2 Å². The Morgan fingerprint density at radius 3 is 2.43 bits per heavy atom. The van der Waals surface area contributed by atoms with Gasteiger partial charge in [0.15, 0.2) is 5.13 Å². The number of amides is 1. The molecule has 1 fully saturated rings. The summed E-state index contributed by atoms with van der Waals surface area (Å²) < 4.78 is 76.0. The first-order valence-corrected chi connectivity index (χ1v) is 16.3. The largest absolute Gasteiger partial charge is 0.573 e. The van der Waals surface area contributed by atoms with Gasteiger partial charge in [-0.15, -0.1) is 13.2 Å². The highest BCUT2D eigenvalue weighted by molar-refractivity contribution is 7.89. The van der Waals surface area contributed by atoms with Gasteiger partial charge in [-0.25, -0.2) is 18.5 Å². The molecular formula is C29H31F3N6O6S2. The SMILES string of the molecule is COCC(C)(C)c1ccc(CNC(=O)[C@H]2CN(c3nc4cn[nH]c(=O)c4s3)CCN2S(=O)(=O)c2ccc(OC(F)(F)F)cc2)cc1. The van der Waals surface area contributed by atoms with E-state index >= 15 is 0 Å². The Kier molecular flexibility index (Phi) is 9.40. The predicted octanol–water partition coefficient (Wildman–Crippen LogP) is 3.40. The molecule has 1 atom stereocenters. The summed E-state index contributed by atoms with van der Waals surface area (Å²) in [4.78, 5) is 31.8. The zero-order chi connectivity index (χ0) is 33.3. The van der Waals surface area contributed by atoms with E-state index in [1.54, 1.807) is 12.0 Å². The lowest BCUT2D eigenvalue weighted by atomic mass is 9.85. The van der Waals surface area contributed by atoms with E-state index in [1.165, 1.54) is 6.20 Å². The molecule has 0 radical (unpaired) electrons. The van der Waals surface area contributed by atoms with Crippen LogP contribution in [0, 0.1) is 0 Å². The van der Waals surface area contributed by atoms with E-state index < -0.39 is 39.6 Å². The van der Waals surface area contributed by atoms with Crippen molar-refractivity contribution >= 4 is 42.6 Å². The molecule has 246 valence electrons. The number of hydrogen-bond donors (Lipinski definition) is 2. The number of ether oxygens (including phenoxy) is 2. The van der Waals surface area contributed by atoms with Crippen molar-refractivity contribution in [1.29, 1.82) is 0 Å². The molecule has 4 aromatic rings. The number of piperazine rings is 1. The number of H-pyrrole nitrogens is 1. The minimum Gasteiger partial charge on any atom is -0.406 e. The summed E-state index contributed by atoms with van der Waals surface area (Å²) in [5.41, 5.74) is 1.53. The zero-order valence-corrected chi connectivity index (χ0v) is 26.6. The average molecular weight is 681 g/mol. The summed E-state index contributed by atoms with van der Waals surface area (Å²) in [5.74, 6) is -1.17. The number of alkyl halides is 3. The van der Waals surface area contributed by atoms with Crippen LogP contribution in [0.3, 0.4) is 0 Å². The van der Waals surface area contributed by atoms with Crippen LogP contribution in [-0.4, -0.2) is 79.6 Å². The van der Waals surface area contributed by atoms with E-state index in [4.69, 9.17) is 4.74 Å². The highest BCUT2D eigenvalue weighted by atomic mass is 32.2. The molecule has 1 amide bonds. The third kappa shape index (κ3) is 7.32. The lowest BCUT2D eigenvalue weighted by molar-refractivity contribution is -0.274. The van der Waals surface area contributed by atoms with Gasteiger partial charge in [-0.05, 0) is 35.4 Å². The summed E-state index contributed by atoms with van der Waals surface area (Å²) in [6.45, 7) is 4.61. The van der Waals surface area contributed by atoms with Gasteiger partial charge in [-0.2, -0.15) is 9.40 Å². The fraction of sp³-hybridized carbons (Fsp3) is 0.379. The van der Waals surface area contributed by atoms with Crippen LogP contribution < -0.4 is 20.5 Å². The first-order chi connectivity index (χ1) is 21.7. The number of fused-ring (bicyclic) bond motifs is 1. The van der Waals surface area contributed by atoms with Crippen LogP contribution in [0.5, 0.6) is 5.75 Å². The fourth-order valence-electron chi connectivity index (χ4n) is 5.12. The van der Waals surface area contributed by atoms with E-state index in [0.29, 0.717) is 22.0 Å². The molecule has 46 heavy (non-hydrogen) atoms. The predicted molar refractivity (Wildman–Crippen MR) is 164 cm³/mol. The number of anilines is 1. The van der Waals surface area contributed by atoms with Crippen molar-refractivity contribution in [2.24, 2.45) is 0 Å². The Balaban J connectivity index is 1.39. The van der Waals surface area contributed by atoms with Crippen molar-refractivity contribution in [3.8, 4) is 5.75 Å². The van der Waals surface area contributed by atoms with Crippen LogP contribution in [0.15, 0.2) is 64.4 Å². The van der Waals surface area contributed by atoms with Crippen LogP contribution in [-0.2, 0) is 31.5 Å². The molecule has 2 aromatic carbocycles. The highest BCUT2D eigenvalue weighted by Gasteiger charge is 2.41. The summed E-state index contributed by atoms with van der Waals surface area (Å²) >= 11 is 1.09. The molecular weight excluding hydrogens is 649 g/mol. The molecule has 1 saturated heterocycles. The quantitative estimate of drug-likeness (QED) is 0.257. The van der Waals surface area contributed by atoms with Gasteiger partial charge in [0.25, 0.3) is 5.56 Å². The normalized spacial score (nSPS) is 16.5. The van der Waals surface area contributed by atoms with Crippen molar-refractivity contribution in [2.75, 3.05) is 38.3 Å². The molecule has 2 N–H and O–H groups in total. The molecule has 0 aliphatic carbocycles. The number of carbonyl (C=O) groups is 1. The number of aromatic amines is 1. The van der Waals surface area contributed by atoms with Crippen LogP contribution in [0.2, 0.25) is 0 Å². The molecule has 0 spiro atoms. The summed E-state index contributed by atoms with van der Waals surface area (Å²) in [6, 6.07) is 10.2. The van der Waals surface area contributed by atoms with E-state index in [-0.39, 0.29) is 36.5 Å². The molecule has 0 unspecified atom stereocenters. The molecule has 0 saturated carbocycles. The molecule has 2 aromatic heterocycles. The van der Waals surface area contributed by atoms with Crippen LogP contribution in [0.1, 0.15) is 25.0 Å². The van der Waals surface area contributed by atoms with Crippen molar-refractivity contribution in [3.63, 3.8) is 0 Å². The molecule has 0 bridgehead atoms. The fourth-order valence-corrected chi connectivity index (χ4v) is 7.66. The molecule has 17 heteroatoms. The number of aromatic nitrogens is 3. The monoisotopic (exact) mass is 680 g/mol. The van der Waals surface area contributed by atoms with Gasteiger partial charge >= 0.3 is 6.36 Å². The number of halogens is 3. The Bertz CT molecular complexity index is 1860. The van der Waals surface area contributed by atoms with Gasteiger partial charge in [0.1, 0.15) is 22.0 Å². The number of methoxy groups -OCH3 is 1.